The molecular weight excluding hydrogens is 306 g/mol. The SMILES string of the molecule is CCCCCN1CCCC(COc2ccccc2-c2ccccc2)C1. The molecule has 1 aliphatic heterocycles. The Morgan fingerprint density at radius 2 is 1.80 bits per heavy atom. The van der Waals surface area contributed by atoms with Gasteiger partial charge in [0.2, 0.25) is 0 Å². The lowest BCUT2D eigenvalue weighted by atomic mass is 9.98. The molecule has 1 heterocycles. The fourth-order valence-electron chi connectivity index (χ4n) is 3.73. The third kappa shape index (κ3) is 5.34. The Hall–Kier alpha value is -1.80. The normalized spacial score (nSPS) is 18.2. The van der Waals surface area contributed by atoms with Crippen LogP contribution in [-0.2, 0) is 0 Å². The Balaban J connectivity index is 1.57. The van der Waals surface area contributed by atoms with Crippen LogP contribution in [0.3, 0.4) is 0 Å². The van der Waals surface area contributed by atoms with E-state index in [2.05, 4.69) is 66.4 Å². The van der Waals surface area contributed by atoms with Gasteiger partial charge in [0.25, 0.3) is 0 Å². The van der Waals surface area contributed by atoms with Gasteiger partial charge in [0.05, 0.1) is 6.61 Å². The van der Waals surface area contributed by atoms with Gasteiger partial charge in [-0.1, -0.05) is 68.3 Å². The van der Waals surface area contributed by atoms with Crippen LogP contribution in [0.2, 0.25) is 0 Å². The van der Waals surface area contributed by atoms with E-state index >= 15 is 0 Å². The molecule has 134 valence electrons. The molecule has 25 heavy (non-hydrogen) atoms. The van der Waals surface area contributed by atoms with Crippen molar-refractivity contribution in [2.45, 2.75) is 39.0 Å². The summed E-state index contributed by atoms with van der Waals surface area (Å²) in [5.74, 6) is 1.66. The Morgan fingerprint density at radius 3 is 2.64 bits per heavy atom. The Kier molecular flexibility index (Phi) is 6.93. The molecule has 0 amide bonds. The molecule has 0 aliphatic carbocycles. The highest BCUT2D eigenvalue weighted by atomic mass is 16.5. The first-order chi connectivity index (χ1) is 12.4. The van der Waals surface area contributed by atoms with Crippen LogP contribution in [0.15, 0.2) is 54.6 Å². The van der Waals surface area contributed by atoms with Crippen LogP contribution in [0.25, 0.3) is 11.1 Å². The highest BCUT2D eigenvalue weighted by Crippen LogP contribution is 2.30. The third-order valence-corrected chi connectivity index (χ3v) is 5.13. The molecule has 1 saturated heterocycles. The van der Waals surface area contributed by atoms with E-state index in [1.165, 1.54) is 62.9 Å². The smallest absolute Gasteiger partial charge is 0.127 e. The zero-order valence-corrected chi connectivity index (χ0v) is 15.5. The van der Waals surface area contributed by atoms with Gasteiger partial charge in [-0.05, 0) is 44.0 Å². The highest BCUT2D eigenvalue weighted by Gasteiger charge is 2.20. The average Bonchev–Trinajstić information content (AvgIpc) is 2.68. The largest absolute Gasteiger partial charge is 0.493 e. The molecule has 1 unspecified atom stereocenters. The van der Waals surface area contributed by atoms with Gasteiger partial charge in [0.1, 0.15) is 5.75 Å². The van der Waals surface area contributed by atoms with Crippen molar-refractivity contribution in [2.75, 3.05) is 26.2 Å². The van der Waals surface area contributed by atoms with Crippen LogP contribution in [0.1, 0.15) is 39.0 Å². The van der Waals surface area contributed by atoms with E-state index in [0.29, 0.717) is 5.92 Å². The highest BCUT2D eigenvalue weighted by molar-refractivity contribution is 5.70. The topological polar surface area (TPSA) is 12.5 Å². The van der Waals surface area contributed by atoms with Crippen molar-refractivity contribution in [3.05, 3.63) is 54.6 Å². The quantitative estimate of drug-likeness (QED) is 0.578. The lowest BCUT2D eigenvalue weighted by Crippen LogP contribution is -2.38. The molecule has 2 aromatic carbocycles. The van der Waals surface area contributed by atoms with E-state index in [1.807, 2.05) is 0 Å². The van der Waals surface area contributed by atoms with E-state index in [9.17, 15) is 0 Å². The van der Waals surface area contributed by atoms with Crippen molar-refractivity contribution >= 4 is 0 Å². The Bertz CT molecular complexity index is 625. The van der Waals surface area contributed by atoms with Crippen molar-refractivity contribution in [2.24, 2.45) is 5.92 Å². The second-order valence-corrected chi connectivity index (χ2v) is 7.19. The van der Waals surface area contributed by atoms with Gasteiger partial charge in [0.15, 0.2) is 0 Å². The van der Waals surface area contributed by atoms with Gasteiger partial charge in [0, 0.05) is 18.0 Å². The third-order valence-electron chi connectivity index (χ3n) is 5.13. The predicted molar refractivity (Wildman–Crippen MR) is 106 cm³/mol. The molecule has 2 heteroatoms. The molecule has 0 bridgehead atoms. The van der Waals surface area contributed by atoms with Gasteiger partial charge < -0.3 is 9.64 Å². The summed E-state index contributed by atoms with van der Waals surface area (Å²) in [4.78, 5) is 2.64. The number of para-hydroxylation sites is 1. The number of unbranched alkanes of at least 4 members (excludes halogenated alkanes) is 2. The van der Waals surface area contributed by atoms with Crippen LogP contribution in [-0.4, -0.2) is 31.1 Å². The summed E-state index contributed by atoms with van der Waals surface area (Å²) < 4.78 is 6.28. The number of rotatable bonds is 8. The zero-order chi connectivity index (χ0) is 17.3. The summed E-state index contributed by atoms with van der Waals surface area (Å²) in [5, 5.41) is 0. The van der Waals surface area contributed by atoms with E-state index in [1.54, 1.807) is 0 Å². The summed E-state index contributed by atoms with van der Waals surface area (Å²) in [5.41, 5.74) is 2.42. The standard InChI is InChI=1S/C23H31NO/c1-2-3-9-16-24-17-10-11-20(18-24)19-25-23-15-8-7-14-22(23)21-12-5-4-6-13-21/h4-8,12-15,20H,2-3,9-11,16-19H2,1H3. The van der Waals surface area contributed by atoms with Crippen molar-refractivity contribution < 1.29 is 4.74 Å². The zero-order valence-electron chi connectivity index (χ0n) is 15.5. The minimum Gasteiger partial charge on any atom is -0.493 e. The van der Waals surface area contributed by atoms with Crippen LogP contribution in [0, 0.1) is 5.92 Å². The maximum atomic E-state index is 6.28. The molecule has 0 spiro atoms. The van der Waals surface area contributed by atoms with E-state index in [4.69, 9.17) is 4.74 Å². The van der Waals surface area contributed by atoms with Gasteiger partial charge in [-0.2, -0.15) is 0 Å². The minimum atomic E-state index is 0.652. The van der Waals surface area contributed by atoms with E-state index < -0.39 is 0 Å². The summed E-state index contributed by atoms with van der Waals surface area (Å²) in [6, 6.07) is 18.9. The van der Waals surface area contributed by atoms with Crippen molar-refractivity contribution in [3.8, 4) is 16.9 Å². The monoisotopic (exact) mass is 337 g/mol. The maximum absolute atomic E-state index is 6.28. The van der Waals surface area contributed by atoms with Crippen molar-refractivity contribution in [1.82, 2.24) is 4.90 Å². The molecule has 0 aromatic heterocycles. The van der Waals surface area contributed by atoms with Crippen LogP contribution < -0.4 is 4.74 Å². The number of hydrogen-bond donors (Lipinski definition) is 0. The fraction of sp³-hybridized carbons (Fsp3) is 0.478. The number of likely N-dealkylation sites (tertiary alicyclic amines) is 1. The number of nitrogens with zero attached hydrogens (tertiary/aromatic N) is 1. The first kappa shape index (κ1) is 18.0. The van der Waals surface area contributed by atoms with E-state index in [0.717, 1.165) is 12.4 Å². The minimum absolute atomic E-state index is 0.652. The molecule has 1 atom stereocenters. The number of ether oxygens (including phenoxy) is 1. The molecule has 3 rings (SSSR count). The Morgan fingerprint density at radius 1 is 1.00 bits per heavy atom. The maximum Gasteiger partial charge on any atom is 0.127 e. The summed E-state index contributed by atoms with van der Waals surface area (Å²) in [6.07, 6.45) is 6.58. The van der Waals surface area contributed by atoms with Gasteiger partial charge in [-0.15, -0.1) is 0 Å². The number of hydrogen-bond acceptors (Lipinski definition) is 2. The fourth-order valence-corrected chi connectivity index (χ4v) is 3.73. The van der Waals surface area contributed by atoms with Gasteiger partial charge in [-0.25, -0.2) is 0 Å². The van der Waals surface area contributed by atoms with E-state index in [-0.39, 0.29) is 0 Å². The summed E-state index contributed by atoms with van der Waals surface area (Å²) in [7, 11) is 0. The first-order valence-corrected chi connectivity index (χ1v) is 9.86. The van der Waals surface area contributed by atoms with Crippen molar-refractivity contribution in [1.29, 1.82) is 0 Å². The van der Waals surface area contributed by atoms with Crippen LogP contribution in [0.4, 0.5) is 0 Å². The van der Waals surface area contributed by atoms with Gasteiger partial charge >= 0.3 is 0 Å². The molecule has 0 N–H and O–H groups in total. The molecule has 0 saturated carbocycles. The average molecular weight is 338 g/mol. The molecule has 1 aliphatic rings. The second-order valence-electron chi connectivity index (χ2n) is 7.19. The Labute approximate surface area is 152 Å². The van der Waals surface area contributed by atoms with Crippen molar-refractivity contribution in [3.63, 3.8) is 0 Å². The number of benzene rings is 2. The molecule has 2 nitrogen and oxygen atoms in total. The first-order valence-electron chi connectivity index (χ1n) is 9.86. The van der Waals surface area contributed by atoms with Gasteiger partial charge in [-0.3, -0.25) is 0 Å². The molecule has 0 radical (unpaired) electrons. The molecular formula is C23H31NO. The molecule has 2 aromatic rings. The summed E-state index contributed by atoms with van der Waals surface area (Å²) in [6.45, 7) is 6.81. The molecule has 1 fully saturated rings. The van der Waals surface area contributed by atoms with Crippen LogP contribution >= 0.6 is 0 Å². The predicted octanol–water partition coefficient (Wildman–Crippen LogP) is 5.63. The number of piperidine rings is 1. The lowest BCUT2D eigenvalue weighted by molar-refractivity contribution is 0.129. The second kappa shape index (κ2) is 9.62. The summed E-state index contributed by atoms with van der Waals surface area (Å²) >= 11 is 0. The lowest BCUT2D eigenvalue weighted by Gasteiger charge is -2.32. The van der Waals surface area contributed by atoms with Crippen LogP contribution in [0.5, 0.6) is 5.75 Å².